The van der Waals surface area contributed by atoms with Crippen LogP contribution in [0.3, 0.4) is 0 Å². The van der Waals surface area contributed by atoms with Crippen LogP contribution in [0, 0.1) is 9.39 Å². The lowest BCUT2D eigenvalue weighted by molar-refractivity contribution is 0.185. The Morgan fingerprint density at radius 1 is 1.25 bits per heavy atom. The minimum Gasteiger partial charge on any atom is -0.380 e. The van der Waals surface area contributed by atoms with Gasteiger partial charge in [-0.3, -0.25) is 4.31 Å². The Morgan fingerprint density at radius 2 is 1.96 bits per heavy atom. The predicted octanol–water partition coefficient (Wildman–Crippen LogP) is 3.78. The van der Waals surface area contributed by atoms with E-state index >= 15 is 0 Å². The molecule has 1 fully saturated rings. The number of benzene rings is 2. The van der Waals surface area contributed by atoms with Gasteiger partial charge in [0, 0.05) is 17.2 Å². The Kier molecular flexibility index (Phi) is 5.12. The Bertz CT molecular complexity index is 853. The lowest BCUT2D eigenvalue weighted by atomic mass is 9.99. The van der Waals surface area contributed by atoms with Gasteiger partial charge in [-0.2, -0.15) is 0 Å². The van der Waals surface area contributed by atoms with Crippen LogP contribution < -0.4 is 4.31 Å². The summed E-state index contributed by atoms with van der Waals surface area (Å²) in [7, 11) is -1.86. The van der Waals surface area contributed by atoms with Crippen molar-refractivity contribution in [3.63, 3.8) is 0 Å². The van der Waals surface area contributed by atoms with E-state index in [0.29, 0.717) is 18.5 Å². The normalized spacial score (nSPS) is 16.5. The van der Waals surface area contributed by atoms with Crippen LogP contribution >= 0.6 is 22.6 Å². The molecule has 0 radical (unpaired) electrons. The monoisotopic (exact) mass is 461 g/mol. The van der Waals surface area contributed by atoms with Crippen molar-refractivity contribution < 1.29 is 17.5 Å². The van der Waals surface area contributed by atoms with Crippen LogP contribution in [0.2, 0.25) is 0 Å². The second-order valence-corrected chi connectivity index (χ2v) is 8.90. The number of sulfonamides is 1. The summed E-state index contributed by atoms with van der Waals surface area (Å²) in [4.78, 5) is 0. The van der Waals surface area contributed by atoms with Gasteiger partial charge < -0.3 is 4.74 Å². The molecule has 0 bridgehead atoms. The highest BCUT2D eigenvalue weighted by molar-refractivity contribution is 14.1. The van der Waals surface area contributed by atoms with Gasteiger partial charge in [-0.15, -0.1) is 0 Å². The molecule has 2 aromatic rings. The zero-order valence-electron chi connectivity index (χ0n) is 13.1. The SMILES string of the molecule is COCc1cc(N2CCCS2(=O)=O)c(F)cc1-c1ccc(I)cc1. The molecule has 1 saturated heterocycles. The number of hydrogen-bond acceptors (Lipinski definition) is 3. The Balaban J connectivity index is 2.12. The van der Waals surface area contributed by atoms with Gasteiger partial charge in [0.05, 0.1) is 18.0 Å². The molecule has 1 aliphatic heterocycles. The highest BCUT2D eigenvalue weighted by Crippen LogP contribution is 2.34. The summed E-state index contributed by atoms with van der Waals surface area (Å²) >= 11 is 2.21. The van der Waals surface area contributed by atoms with E-state index in [1.165, 1.54) is 10.4 Å². The van der Waals surface area contributed by atoms with Gasteiger partial charge >= 0.3 is 0 Å². The van der Waals surface area contributed by atoms with Crippen molar-refractivity contribution in [1.82, 2.24) is 0 Å². The lowest BCUT2D eigenvalue weighted by Gasteiger charge is -2.20. The van der Waals surface area contributed by atoms with Crippen molar-refractivity contribution in [2.45, 2.75) is 13.0 Å². The first-order chi connectivity index (χ1) is 11.4. The molecule has 0 atom stereocenters. The minimum absolute atomic E-state index is 0.0604. The van der Waals surface area contributed by atoms with Crippen LogP contribution in [-0.4, -0.2) is 27.8 Å². The van der Waals surface area contributed by atoms with Crippen molar-refractivity contribution >= 4 is 38.3 Å². The molecule has 0 spiro atoms. The molecule has 0 aliphatic carbocycles. The third-order valence-corrected chi connectivity index (χ3v) is 6.57. The van der Waals surface area contributed by atoms with E-state index < -0.39 is 15.8 Å². The molecular formula is C17H17FINO3S. The quantitative estimate of drug-likeness (QED) is 0.652. The Labute approximate surface area is 154 Å². The molecule has 2 aromatic carbocycles. The summed E-state index contributed by atoms with van der Waals surface area (Å²) in [6, 6.07) is 10.7. The maximum Gasteiger partial charge on any atom is 0.235 e. The Morgan fingerprint density at radius 3 is 2.54 bits per heavy atom. The summed E-state index contributed by atoms with van der Waals surface area (Å²) in [6.07, 6.45) is 0.514. The first-order valence-corrected chi connectivity index (χ1v) is 10.2. The smallest absolute Gasteiger partial charge is 0.235 e. The van der Waals surface area contributed by atoms with Crippen molar-refractivity contribution in [2.75, 3.05) is 23.7 Å². The van der Waals surface area contributed by atoms with Crippen LogP contribution in [-0.2, 0) is 21.4 Å². The van der Waals surface area contributed by atoms with E-state index in [-0.39, 0.29) is 18.0 Å². The van der Waals surface area contributed by atoms with Crippen LogP contribution in [0.25, 0.3) is 11.1 Å². The fourth-order valence-electron chi connectivity index (χ4n) is 2.88. The van der Waals surface area contributed by atoms with Crippen molar-refractivity contribution in [3.05, 3.63) is 51.3 Å². The fraction of sp³-hybridized carbons (Fsp3) is 0.294. The zero-order chi connectivity index (χ0) is 17.3. The molecule has 0 unspecified atom stereocenters. The van der Waals surface area contributed by atoms with Gasteiger partial charge in [0.1, 0.15) is 5.82 Å². The molecule has 4 nitrogen and oxygen atoms in total. The van der Waals surface area contributed by atoms with Gasteiger partial charge in [-0.1, -0.05) is 12.1 Å². The number of hydrogen-bond donors (Lipinski definition) is 0. The van der Waals surface area contributed by atoms with Crippen molar-refractivity contribution in [1.29, 1.82) is 0 Å². The number of halogens is 2. The van der Waals surface area contributed by atoms with Gasteiger partial charge in [0.15, 0.2) is 0 Å². The topological polar surface area (TPSA) is 46.6 Å². The highest BCUT2D eigenvalue weighted by atomic mass is 127. The van der Waals surface area contributed by atoms with Crippen LogP contribution in [0.4, 0.5) is 10.1 Å². The van der Waals surface area contributed by atoms with E-state index in [1.807, 2.05) is 24.3 Å². The fourth-order valence-corrected chi connectivity index (χ4v) is 4.80. The van der Waals surface area contributed by atoms with E-state index in [0.717, 1.165) is 14.7 Å². The van der Waals surface area contributed by atoms with E-state index in [1.54, 1.807) is 13.2 Å². The van der Waals surface area contributed by atoms with Gasteiger partial charge in [0.2, 0.25) is 10.0 Å². The number of methoxy groups -OCH3 is 1. The predicted molar refractivity (Wildman–Crippen MR) is 101 cm³/mol. The molecule has 24 heavy (non-hydrogen) atoms. The first kappa shape index (κ1) is 17.6. The molecule has 7 heteroatoms. The summed E-state index contributed by atoms with van der Waals surface area (Å²) in [5, 5.41) is 0. The minimum atomic E-state index is -3.43. The second-order valence-electron chi connectivity index (χ2n) is 5.64. The molecular weight excluding hydrogens is 444 g/mol. The molecule has 0 saturated carbocycles. The molecule has 128 valence electrons. The van der Waals surface area contributed by atoms with Crippen LogP contribution in [0.5, 0.6) is 0 Å². The van der Waals surface area contributed by atoms with E-state index in [4.69, 9.17) is 4.74 Å². The van der Waals surface area contributed by atoms with Gasteiger partial charge in [-0.25, -0.2) is 12.8 Å². The number of rotatable bonds is 4. The third-order valence-electron chi connectivity index (χ3n) is 4.00. The number of anilines is 1. The van der Waals surface area contributed by atoms with Crippen LogP contribution in [0.1, 0.15) is 12.0 Å². The molecule has 0 amide bonds. The molecule has 3 rings (SSSR count). The summed E-state index contributed by atoms with van der Waals surface area (Å²) in [5.41, 5.74) is 2.45. The largest absolute Gasteiger partial charge is 0.380 e. The lowest BCUT2D eigenvalue weighted by Crippen LogP contribution is -2.26. The van der Waals surface area contributed by atoms with Crippen molar-refractivity contribution in [3.8, 4) is 11.1 Å². The summed E-state index contributed by atoms with van der Waals surface area (Å²) in [5.74, 6) is -0.473. The molecule has 0 aromatic heterocycles. The standard InChI is InChI=1S/C17H17FINO3S/c1-23-11-13-9-17(20-7-2-8-24(20,21)22)16(18)10-15(13)12-3-5-14(19)6-4-12/h3-6,9-10H,2,7-8,11H2,1H3. The first-order valence-electron chi connectivity index (χ1n) is 7.50. The van der Waals surface area contributed by atoms with Crippen LogP contribution in [0.15, 0.2) is 36.4 Å². The zero-order valence-corrected chi connectivity index (χ0v) is 16.1. The second kappa shape index (κ2) is 6.97. The molecule has 0 N–H and O–H groups in total. The highest BCUT2D eigenvalue weighted by Gasteiger charge is 2.31. The summed E-state index contributed by atoms with van der Waals surface area (Å²) in [6.45, 7) is 0.594. The van der Waals surface area contributed by atoms with E-state index in [2.05, 4.69) is 22.6 Å². The maximum atomic E-state index is 14.7. The average Bonchev–Trinajstić information content (AvgIpc) is 2.89. The Hall–Kier alpha value is -1.19. The maximum absolute atomic E-state index is 14.7. The van der Waals surface area contributed by atoms with Gasteiger partial charge in [0.25, 0.3) is 0 Å². The number of nitrogens with zero attached hydrogens (tertiary/aromatic N) is 1. The molecule has 1 aliphatic rings. The van der Waals surface area contributed by atoms with E-state index in [9.17, 15) is 12.8 Å². The number of ether oxygens (including phenoxy) is 1. The molecule has 1 heterocycles. The van der Waals surface area contributed by atoms with Gasteiger partial charge in [-0.05, 0) is 70.0 Å². The average molecular weight is 461 g/mol. The van der Waals surface area contributed by atoms with Crippen molar-refractivity contribution in [2.24, 2.45) is 0 Å². The third kappa shape index (κ3) is 3.43. The summed E-state index contributed by atoms with van der Waals surface area (Å²) < 4.78 is 46.4.